The number of ether oxygens (including phenoxy) is 1. The number of amides is 1. The van der Waals surface area contributed by atoms with Crippen LogP contribution < -0.4 is 15.8 Å². The summed E-state index contributed by atoms with van der Waals surface area (Å²) < 4.78 is 5.26. The molecule has 162 valence electrons. The fraction of sp³-hybridized carbons (Fsp3) is 0.115. The molecular formula is C26H25N3O3. The van der Waals surface area contributed by atoms with E-state index in [1.165, 1.54) is 6.08 Å². The Hall–Kier alpha value is -3.87. The lowest BCUT2D eigenvalue weighted by atomic mass is 9.94. The molecule has 1 unspecified atom stereocenters. The summed E-state index contributed by atoms with van der Waals surface area (Å²) in [5.74, 6) is 0.512. The predicted molar refractivity (Wildman–Crippen MR) is 128 cm³/mol. The van der Waals surface area contributed by atoms with Gasteiger partial charge in [-0.05, 0) is 71.7 Å². The number of nitrogens with one attached hydrogen (secondary N) is 2. The largest absolute Gasteiger partial charge is 0.497 e. The Morgan fingerprint density at radius 1 is 1.16 bits per heavy atom. The van der Waals surface area contributed by atoms with Crippen LogP contribution in [-0.2, 0) is 4.79 Å². The molecule has 6 nitrogen and oxygen atoms in total. The molecule has 5 N–H and O–H groups in total. The van der Waals surface area contributed by atoms with Crippen molar-refractivity contribution in [2.75, 3.05) is 12.4 Å². The molecule has 1 atom stereocenters. The van der Waals surface area contributed by atoms with Crippen LogP contribution in [0.3, 0.4) is 0 Å². The number of carbonyl (C=O) groups excluding carboxylic acids is 1. The van der Waals surface area contributed by atoms with Gasteiger partial charge in [0, 0.05) is 22.3 Å². The molecule has 4 aromatic rings. The Balaban J connectivity index is 1.90. The van der Waals surface area contributed by atoms with Crippen molar-refractivity contribution < 1.29 is 14.6 Å². The van der Waals surface area contributed by atoms with E-state index >= 15 is 0 Å². The quantitative estimate of drug-likeness (QED) is 0.260. The second kappa shape index (κ2) is 8.70. The van der Waals surface area contributed by atoms with Gasteiger partial charge in [0.1, 0.15) is 12.0 Å². The van der Waals surface area contributed by atoms with Gasteiger partial charge in [-0.2, -0.15) is 0 Å². The zero-order valence-corrected chi connectivity index (χ0v) is 18.0. The van der Waals surface area contributed by atoms with Crippen molar-refractivity contribution in [2.24, 2.45) is 5.73 Å². The molecule has 0 radical (unpaired) electrons. The number of carbonyl (C=O) groups is 1. The number of fused-ring (bicyclic) bond motifs is 1. The first-order chi connectivity index (χ1) is 15.4. The number of aliphatic hydroxyl groups is 1. The predicted octanol–water partition coefficient (Wildman–Crippen LogP) is 4.89. The second-order valence-corrected chi connectivity index (χ2v) is 7.52. The van der Waals surface area contributed by atoms with E-state index in [2.05, 4.69) is 16.9 Å². The van der Waals surface area contributed by atoms with Gasteiger partial charge in [0.15, 0.2) is 0 Å². The molecule has 0 bridgehead atoms. The minimum atomic E-state index is -1.12. The van der Waals surface area contributed by atoms with Gasteiger partial charge in [-0.25, -0.2) is 0 Å². The highest BCUT2D eigenvalue weighted by Crippen LogP contribution is 2.38. The summed E-state index contributed by atoms with van der Waals surface area (Å²) in [4.78, 5) is 15.3. The van der Waals surface area contributed by atoms with Crippen LogP contribution in [0.25, 0.3) is 33.3 Å². The number of benzene rings is 3. The normalized spacial score (nSPS) is 11.9. The van der Waals surface area contributed by atoms with Gasteiger partial charge in [-0.3, -0.25) is 4.79 Å². The molecule has 0 aliphatic carbocycles. The van der Waals surface area contributed by atoms with Crippen molar-refractivity contribution in [3.63, 3.8) is 0 Å². The van der Waals surface area contributed by atoms with Gasteiger partial charge in [-0.1, -0.05) is 30.8 Å². The van der Waals surface area contributed by atoms with Crippen LogP contribution in [0.5, 0.6) is 5.75 Å². The van der Waals surface area contributed by atoms with Gasteiger partial charge in [0.05, 0.1) is 12.6 Å². The summed E-state index contributed by atoms with van der Waals surface area (Å²) in [6.07, 6.45) is 0.128. The summed E-state index contributed by atoms with van der Waals surface area (Å²) in [6, 6.07) is 19.3. The fourth-order valence-corrected chi connectivity index (χ4v) is 3.89. The van der Waals surface area contributed by atoms with Crippen molar-refractivity contribution in [2.45, 2.75) is 13.2 Å². The minimum absolute atomic E-state index is 0.263. The zero-order valence-electron chi connectivity index (χ0n) is 18.0. The number of nitrogens with two attached hydrogens (primary N) is 1. The van der Waals surface area contributed by atoms with Gasteiger partial charge in [-0.15, -0.1) is 0 Å². The number of aromatic amines is 1. The van der Waals surface area contributed by atoms with Crippen molar-refractivity contribution in [3.05, 3.63) is 84.4 Å². The monoisotopic (exact) mass is 427 g/mol. The van der Waals surface area contributed by atoms with E-state index in [0.29, 0.717) is 5.56 Å². The van der Waals surface area contributed by atoms with E-state index < -0.39 is 6.23 Å². The number of rotatable bonds is 6. The lowest BCUT2D eigenvalue weighted by Gasteiger charge is -2.14. The second-order valence-electron chi connectivity index (χ2n) is 7.52. The standard InChI is InChI=1S/C26H25N3O3/c1-4-24(30)28-22-7-5-6-18(15(22)2)19-12-13-20(26(27)31)25-21(19)14-23(29-25)16-8-10-17(32-3)11-9-16/h4-14,26,29,31H,1,27H2,2-3H3,(H,28,30). The van der Waals surface area contributed by atoms with Gasteiger partial charge in [0.25, 0.3) is 0 Å². The molecule has 1 amide bonds. The Morgan fingerprint density at radius 2 is 1.91 bits per heavy atom. The topological polar surface area (TPSA) is 100 Å². The number of H-pyrrole nitrogens is 1. The third-order valence-corrected chi connectivity index (χ3v) is 5.61. The Labute approximate surface area is 186 Å². The summed E-state index contributed by atoms with van der Waals surface area (Å²) >= 11 is 0. The van der Waals surface area contributed by atoms with Crippen LogP contribution in [-0.4, -0.2) is 23.1 Å². The zero-order chi connectivity index (χ0) is 22.8. The first kappa shape index (κ1) is 21.4. The third-order valence-electron chi connectivity index (χ3n) is 5.61. The van der Waals surface area contributed by atoms with Crippen molar-refractivity contribution >= 4 is 22.5 Å². The molecule has 0 aliphatic heterocycles. The van der Waals surface area contributed by atoms with E-state index in [1.54, 1.807) is 7.11 Å². The lowest BCUT2D eigenvalue weighted by Crippen LogP contribution is -2.09. The number of aliphatic hydroxyl groups excluding tert-OH is 1. The van der Waals surface area contributed by atoms with E-state index in [-0.39, 0.29) is 5.91 Å². The highest BCUT2D eigenvalue weighted by Gasteiger charge is 2.17. The molecule has 0 fully saturated rings. The minimum Gasteiger partial charge on any atom is -0.497 e. The van der Waals surface area contributed by atoms with E-state index in [4.69, 9.17) is 10.5 Å². The average molecular weight is 428 g/mol. The first-order valence-electron chi connectivity index (χ1n) is 10.2. The Kier molecular flexibility index (Phi) is 5.81. The molecule has 6 heteroatoms. The highest BCUT2D eigenvalue weighted by molar-refractivity contribution is 6.03. The summed E-state index contributed by atoms with van der Waals surface area (Å²) in [6.45, 7) is 5.48. The number of anilines is 1. The third kappa shape index (κ3) is 3.89. The molecule has 32 heavy (non-hydrogen) atoms. The molecule has 0 saturated carbocycles. The van der Waals surface area contributed by atoms with E-state index in [9.17, 15) is 9.90 Å². The highest BCUT2D eigenvalue weighted by atomic mass is 16.5. The van der Waals surface area contributed by atoms with Gasteiger partial charge >= 0.3 is 0 Å². The van der Waals surface area contributed by atoms with E-state index in [0.717, 1.165) is 50.3 Å². The van der Waals surface area contributed by atoms with Crippen molar-refractivity contribution in [1.29, 1.82) is 0 Å². The Bertz CT molecular complexity index is 1300. The first-order valence-corrected chi connectivity index (χ1v) is 10.2. The van der Waals surface area contributed by atoms with Crippen molar-refractivity contribution in [1.82, 2.24) is 4.98 Å². The smallest absolute Gasteiger partial charge is 0.247 e. The van der Waals surface area contributed by atoms with Gasteiger partial charge < -0.3 is 25.9 Å². The molecule has 3 aromatic carbocycles. The van der Waals surface area contributed by atoms with Crippen LogP contribution >= 0.6 is 0 Å². The average Bonchev–Trinajstić information content (AvgIpc) is 3.25. The number of aromatic nitrogens is 1. The molecule has 0 spiro atoms. The molecule has 0 saturated heterocycles. The summed E-state index contributed by atoms with van der Waals surface area (Å²) in [7, 11) is 1.63. The van der Waals surface area contributed by atoms with Crippen LogP contribution in [0.2, 0.25) is 0 Å². The lowest BCUT2D eigenvalue weighted by molar-refractivity contribution is -0.111. The Morgan fingerprint density at radius 3 is 2.56 bits per heavy atom. The molecule has 0 aliphatic rings. The number of methoxy groups -OCH3 is 1. The van der Waals surface area contributed by atoms with Gasteiger partial charge in [0.2, 0.25) is 5.91 Å². The summed E-state index contributed by atoms with van der Waals surface area (Å²) in [5, 5.41) is 13.9. The fourth-order valence-electron chi connectivity index (χ4n) is 3.89. The van der Waals surface area contributed by atoms with Crippen LogP contribution in [0.15, 0.2) is 73.3 Å². The maximum absolute atomic E-state index is 11.8. The van der Waals surface area contributed by atoms with E-state index in [1.807, 2.05) is 67.6 Å². The van der Waals surface area contributed by atoms with Crippen LogP contribution in [0.1, 0.15) is 17.4 Å². The molecular weight excluding hydrogens is 402 g/mol. The molecule has 1 aromatic heterocycles. The molecule has 4 rings (SSSR count). The van der Waals surface area contributed by atoms with Crippen LogP contribution in [0, 0.1) is 6.92 Å². The maximum atomic E-state index is 11.8. The summed E-state index contributed by atoms with van der Waals surface area (Å²) in [5.41, 5.74) is 12.7. The number of hydrogen-bond donors (Lipinski definition) is 4. The van der Waals surface area contributed by atoms with Crippen molar-refractivity contribution in [3.8, 4) is 28.1 Å². The van der Waals surface area contributed by atoms with Crippen LogP contribution in [0.4, 0.5) is 5.69 Å². The maximum Gasteiger partial charge on any atom is 0.247 e. The SMILES string of the molecule is C=CC(=O)Nc1cccc(-c2ccc(C(N)O)c3[nH]c(-c4ccc(OC)cc4)cc23)c1C. The number of hydrogen-bond acceptors (Lipinski definition) is 4. The molecule has 1 heterocycles.